The molecule has 1 N–H and O–H groups in total. The molecule has 112 valence electrons. The minimum Gasteiger partial charge on any atom is -0.497 e. The molecule has 1 unspecified atom stereocenters. The number of carbonyl (C=O) groups is 1. The average Bonchev–Trinajstić information content (AvgIpc) is 2.47. The number of esters is 1. The van der Waals surface area contributed by atoms with Gasteiger partial charge >= 0.3 is 5.97 Å². The Balaban J connectivity index is 2.57. The lowest BCUT2D eigenvalue weighted by atomic mass is 10.3. The van der Waals surface area contributed by atoms with Gasteiger partial charge in [-0.3, -0.25) is 4.79 Å². The van der Waals surface area contributed by atoms with Gasteiger partial charge in [0.1, 0.15) is 24.1 Å². The number of ether oxygens (including phenoxy) is 3. The van der Waals surface area contributed by atoms with Crippen molar-refractivity contribution in [3.8, 4) is 11.5 Å². The van der Waals surface area contributed by atoms with Gasteiger partial charge in [-0.1, -0.05) is 13.0 Å². The van der Waals surface area contributed by atoms with E-state index in [1.54, 1.807) is 20.1 Å². The molecule has 0 aliphatic heterocycles. The molecule has 1 rings (SSSR count). The predicted molar refractivity (Wildman–Crippen MR) is 77.2 cm³/mol. The van der Waals surface area contributed by atoms with Gasteiger partial charge in [0.15, 0.2) is 0 Å². The summed E-state index contributed by atoms with van der Waals surface area (Å²) in [4.78, 5) is 11.8. The van der Waals surface area contributed by atoms with Gasteiger partial charge in [0, 0.05) is 6.07 Å². The first-order valence-electron chi connectivity index (χ1n) is 6.88. The Morgan fingerprint density at radius 1 is 1.30 bits per heavy atom. The number of rotatable bonds is 9. The van der Waals surface area contributed by atoms with Crippen molar-refractivity contribution in [2.45, 2.75) is 26.3 Å². The summed E-state index contributed by atoms with van der Waals surface area (Å²) in [7, 11) is 1.60. The molecule has 5 nitrogen and oxygen atoms in total. The van der Waals surface area contributed by atoms with Crippen molar-refractivity contribution in [2.75, 3.05) is 26.9 Å². The summed E-state index contributed by atoms with van der Waals surface area (Å²) in [5.41, 5.74) is 0. The monoisotopic (exact) mass is 281 g/mol. The van der Waals surface area contributed by atoms with Crippen molar-refractivity contribution in [1.29, 1.82) is 0 Å². The van der Waals surface area contributed by atoms with Crippen LogP contribution in [0.3, 0.4) is 0 Å². The largest absolute Gasteiger partial charge is 0.497 e. The molecule has 0 saturated heterocycles. The van der Waals surface area contributed by atoms with Crippen LogP contribution in [0.25, 0.3) is 0 Å². The molecular weight excluding hydrogens is 258 g/mol. The fraction of sp³-hybridized carbons (Fsp3) is 0.533. The molecule has 0 aliphatic carbocycles. The predicted octanol–water partition coefficient (Wildman–Crippen LogP) is 2.01. The fourth-order valence-electron chi connectivity index (χ4n) is 1.64. The third kappa shape index (κ3) is 5.48. The molecular formula is C15H23NO4. The van der Waals surface area contributed by atoms with Crippen LogP contribution < -0.4 is 14.8 Å². The fourth-order valence-corrected chi connectivity index (χ4v) is 1.64. The molecule has 1 aromatic rings. The SMILES string of the molecule is CCCNC(COc1cccc(OC)c1)C(=O)OCC. The lowest BCUT2D eigenvalue weighted by Crippen LogP contribution is -2.43. The van der Waals surface area contributed by atoms with Gasteiger partial charge in [0.2, 0.25) is 0 Å². The summed E-state index contributed by atoms with van der Waals surface area (Å²) < 4.78 is 15.8. The van der Waals surface area contributed by atoms with Gasteiger partial charge in [-0.05, 0) is 32.0 Å². The molecule has 0 saturated carbocycles. The van der Waals surface area contributed by atoms with Gasteiger partial charge in [-0.2, -0.15) is 0 Å². The summed E-state index contributed by atoms with van der Waals surface area (Å²) in [6, 6.07) is 6.83. The van der Waals surface area contributed by atoms with E-state index in [0.29, 0.717) is 12.4 Å². The van der Waals surface area contributed by atoms with Crippen LogP contribution in [0.4, 0.5) is 0 Å². The number of methoxy groups -OCH3 is 1. The zero-order valence-corrected chi connectivity index (χ0v) is 12.3. The average molecular weight is 281 g/mol. The molecule has 0 radical (unpaired) electrons. The van der Waals surface area contributed by atoms with Crippen LogP contribution in [0.2, 0.25) is 0 Å². The Morgan fingerprint density at radius 2 is 2.05 bits per heavy atom. The molecule has 1 atom stereocenters. The Labute approximate surface area is 120 Å². The number of benzene rings is 1. The van der Waals surface area contributed by atoms with E-state index < -0.39 is 6.04 Å². The van der Waals surface area contributed by atoms with Crippen LogP contribution in [-0.2, 0) is 9.53 Å². The van der Waals surface area contributed by atoms with Crippen molar-refractivity contribution in [1.82, 2.24) is 5.32 Å². The van der Waals surface area contributed by atoms with Crippen LogP contribution in [0.5, 0.6) is 11.5 Å². The van der Waals surface area contributed by atoms with E-state index >= 15 is 0 Å². The number of carbonyl (C=O) groups excluding carboxylic acids is 1. The summed E-state index contributed by atoms with van der Waals surface area (Å²) in [5, 5.41) is 3.12. The second-order valence-corrected chi connectivity index (χ2v) is 4.25. The van der Waals surface area contributed by atoms with Gasteiger partial charge in [-0.15, -0.1) is 0 Å². The van der Waals surface area contributed by atoms with Gasteiger partial charge in [0.25, 0.3) is 0 Å². The zero-order chi connectivity index (χ0) is 14.8. The molecule has 1 aromatic carbocycles. The topological polar surface area (TPSA) is 56.8 Å². The molecule has 0 fully saturated rings. The van der Waals surface area contributed by atoms with Crippen LogP contribution in [0.1, 0.15) is 20.3 Å². The van der Waals surface area contributed by atoms with Crippen LogP contribution in [-0.4, -0.2) is 38.9 Å². The highest BCUT2D eigenvalue weighted by Gasteiger charge is 2.19. The normalized spacial score (nSPS) is 11.8. The number of hydrogen-bond acceptors (Lipinski definition) is 5. The van der Waals surface area contributed by atoms with Gasteiger partial charge < -0.3 is 19.5 Å². The van der Waals surface area contributed by atoms with Gasteiger partial charge in [0.05, 0.1) is 13.7 Å². The summed E-state index contributed by atoms with van der Waals surface area (Å²) in [6.45, 7) is 5.16. The van der Waals surface area contributed by atoms with Crippen molar-refractivity contribution in [3.05, 3.63) is 24.3 Å². The standard InChI is InChI=1S/C15H23NO4/c1-4-9-16-14(15(17)19-5-2)11-20-13-8-6-7-12(10-13)18-3/h6-8,10,14,16H,4-5,9,11H2,1-3H3. The summed E-state index contributed by atoms with van der Waals surface area (Å²) in [5.74, 6) is 1.09. The van der Waals surface area contributed by atoms with Crippen molar-refractivity contribution in [2.24, 2.45) is 0 Å². The number of nitrogens with one attached hydrogen (secondary N) is 1. The smallest absolute Gasteiger partial charge is 0.326 e. The van der Waals surface area contributed by atoms with Crippen molar-refractivity contribution in [3.63, 3.8) is 0 Å². The highest BCUT2D eigenvalue weighted by molar-refractivity contribution is 5.76. The minimum atomic E-state index is -0.457. The molecule has 0 aliphatic rings. The molecule has 0 aromatic heterocycles. The van der Waals surface area contributed by atoms with Crippen LogP contribution in [0.15, 0.2) is 24.3 Å². The highest BCUT2D eigenvalue weighted by Crippen LogP contribution is 2.18. The lowest BCUT2D eigenvalue weighted by Gasteiger charge is -2.17. The summed E-state index contributed by atoms with van der Waals surface area (Å²) in [6.07, 6.45) is 0.940. The second-order valence-electron chi connectivity index (χ2n) is 4.25. The first-order valence-corrected chi connectivity index (χ1v) is 6.88. The Kier molecular flexibility index (Phi) is 7.50. The van der Waals surface area contributed by atoms with Crippen molar-refractivity contribution < 1.29 is 19.0 Å². The van der Waals surface area contributed by atoms with Crippen LogP contribution >= 0.6 is 0 Å². The third-order valence-corrected chi connectivity index (χ3v) is 2.67. The Hall–Kier alpha value is -1.75. The maximum absolute atomic E-state index is 11.8. The maximum atomic E-state index is 11.8. The quantitative estimate of drug-likeness (QED) is 0.702. The highest BCUT2D eigenvalue weighted by atomic mass is 16.5. The van der Waals surface area contributed by atoms with E-state index in [0.717, 1.165) is 18.7 Å². The molecule has 0 spiro atoms. The third-order valence-electron chi connectivity index (χ3n) is 2.67. The van der Waals surface area contributed by atoms with E-state index in [2.05, 4.69) is 5.32 Å². The Morgan fingerprint density at radius 3 is 2.70 bits per heavy atom. The van der Waals surface area contributed by atoms with E-state index in [4.69, 9.17) is 14.2 Å². The summed E-state index contributed by atoms with van der Waals surface area (Å²) >= 11 is 0. The van der Waals surface area contributed by atoms with E-state index in [-0.39, 0.29) is 12.6 Å². The molecule has 0 bridgehead atoms. The Bertz CT molecular complexity index is 409. The van der Waals surface area contributed by atoms with Crippen molar-refractivity contribution >= 4 is 5.97 Å². The van der Waals surface area contributed by atoms with Gasteiger partial charge in [-0.25, -0.2) is 0 Å². The molecule has 20 heavy (non-hydrogen) atoms. The first kappa shape index (κ1) is 16.3. The zero-order valence-electron chi connectivity index (χ0n) is 12.3. The molecule has 5 heteroatoms. The maximum Gasteiger partial charge on any atom is 0.326 e. The number of hydrogen-bond donors (Lipinski definition) is 1. The van der Waals surface area contributed by atoms with E-state index in [9.17, 15) is 4.79 Å². The molecule has 0 heterocycles. The first-order chi connectivity index (χ1) is 9.71. The van der Waals surface area contributed by atoms with E-state index in [1.807, 2.05) is 25.1 Å². The minimum absolute atomic E-state index is 0.228. The van der Waals surface area contributed by atoms with Crippen LogP contribution in [0, 0.1) is 0 Å². The molecule has 0 amide bonds. The van der Waals surface area contributed by atoms with E-state index in [1.165, 1.54) is 0 Å². The second kappa shape index (κ2) is 9.20. The lowest BCUT2D eigenvalue weighted by molar-refractivity contribution is -0.146.